The van der Waals surface area contributed by atoms with Crippen LogP contribution in [0.1, 0.15) is 17.0 Å². The fraction of sp³-hybridized carbons (Fsp3) is 0.167. The van der Waals surface area contributed by atoms with Crippen molar-refractivity contribution in [2.75, 3.05) is 5.32 Å². The summed E-state index contributed by atoms with van der Waals surface area (Å²) in [6.07, 6.45) is 0. The van der Waals surface area contributed by atoms with Crippen LogP contribution in [0.25, 0.3) is 0 Å². The summed E-state index contributed by atoms with van der Waals surface area (Å²) in [5.74, 6) is 0.695. The molecule has 0 spiro atoms. The summed E-state index contributed by atoms with van der Waals surface area (Å²) in [6, 6.07) is 7.77. The highest BCUT2D eigenvalue weighted by Crippen LogP contribution is 2.21. The smallest absolute Gasteiger partial charge is 0.270 e. The topological polar surface area (TPSA) is 105 Å². The molecule has 2 aromatic rings. The van der Waals surface area contributed by atoms with Gasteiger partial charge in [-0.15, -0.1) is 0 Å². The zero-order valence-electron chi connectivity index (χ0n) is 10.1. The van der Waals surface area contributed by atoms with Gasteiger partial charge in [0.15, 0.2) is 0 Å². The molecule has 0 atom stereocenters. The van der Waals surface area contributed by atoms with E-state index in [4.69, 9.17) is 9.78 Å². The first-order chi connectivity index (χ1) is 9.10. The van der Waals surface area contributed by atoms with Crippen LogP contribution in [0.5, 0.6) is 0 Å². The molecule has 0 aliphatic carbocycles. The van der Waals surface area contributed by atoms with Gasteiger partial charge in [-0.1, -0.05) is 5.16 Å². The third kappa shape index (κ3) is 2.87. The van der Waals surface area contributed by atoms with Crippen LogP contribution in [-0.4, -0.2) is 10.1 Å². The average Bonchev–Trinajstić information content (AvgIpc) is 2.81. The third-order valence-corrected chi connectivity index (χ3v) is 2.47. The summed E-state index contributed by atoms with van der Waals surface area (Å²) in [5.41, 5.74) is 1.32. The Kier molecular flexibility index (Phi) is 3.43. The van der Waals surface area contributed by atoms with E-state index in [1.54, 1.807) is 13.0 Å². The molecule has 0 radical (unpaired) electrons. The lowest BCUT2D eigenvalue weighted by molar-refractivity contribution is -0.384. The van der Waals surface area contributed by atoms with Crippen LogP contribution in [-0.2, 0) is 6.54 Å². The molecule has 1 heterocycles. The van der Waals surface area contributed by atoms with Gasteiger partial charge in [0.2, 0.25) is 0 Å². The number of rotatable bonds is 4. The first kappa shape index (κ1) is 12.6. The number of aryl methyl sites for hydroxylation is 1. The molecule has 7 nitrogen and oxygen atoms in total. The number of non-ortho nitro benzene ring substituents is 1. The van der Waals surface area contributed by atoms with Crippen LogP contribution in [0.3, 0.4) is 0 Å². The summed E-state index contributed by atoms with van der Waals surface area (Å²) in [4.78, 5) is 10.1. The van der Waals surface area contributed by atoms with Crippen molar-refractivity contribution in [3.05, 3.63) is 51.4 Å². The number of benzene rings is 1. The van der Waals surface area contributed by atoms with Crippen LogP contribution >= 0.6 is 0 Å². The van der Waals surface area contributed by atoms with Crippen molar-refractivity contribution in [3.63, 3.8) is 0 Å². The quantitative estimate of drug-likeness (QED) is 0.666. The van der Waals surface area contributed by atoms with E-state index in [0.717, 1.165) is 0 Å². The Morgan fingerprint density at radius 2 is 2.32 bits per heavy atom. The zero-order valence-corrected chi connectivity index (χ0v) is 10.1. The normalized spacial score (nSPS) is 9.89. The van der Waals surface area contributed by atoms with Crippen LogP contribution < -0.4 is 5.32 Å². The fourth-order valence-corrected chi connectivity index (χ4v) is 1.58. The molecular weight excluding hydrogens is 248 g/mol. The molecule has 0 saturated carbocycles. The number of nitro groups is 1. The van der Waals surface area contributed by atoms with Gasteiger partial charge in [0, 0.05) is 18.2 Å². The SMILES string of the molecule is Cc1cc(CNc2ccc([N+](=O)[O-])cc2C#N)no1. The number of hydrogen-bond donors (Lipinski definition) is 1. The van der Waals surface area contributed by atoms with Crippen molar-refractivity contribution in [2.45, 2.75) is 13.5 Å². The van der Waals surface area contributed by atoms with E-state index in [1.807, 2.05) is 6.07 Å². The second kappa shape index (κ2) is 5.18. The summed E-state index contributed by atoms with van der Waals surface area (Å²) < 4.78 is 4.92. The first-order valence-corrected chi connectivity index (χ1v) is 5.45. The van der Waals surface area contributed by atoms with Gasteiger partial charge < -0.3 is 9.84 Å². The molecule has 1 N–H and O–H groups in total. The maximum absolute atomic E-state index is 10.6. The highest BCUT2D eigenvalue weighted by molar-refractivity contribution is 5.61. The molecule has 0 amide bonds. The molecule has 1 aromatic heterocycles. The lowest BCUT2D eigenvalue weighted by atomic mass is 10.1. The van der Waals surface area contributed by atoms with Gasteiger partial charge in [-0.3, -0.25) is 10.1 Å². The summed E-state index contributed by atoms with van der Waals surface area (Å²) in [6.45, 7) is 2.16. The lowest BCUT2D eigenvalue weighted by Gasteiger charge is -2.05. The summed E-state index contributed by atoms with van der Waals surface area (Å²) in [7, 11) is 0. The van der Waals surface area contributed by atoms with E-state index in [-0.39, 0.29) is 11.3 Å². The van der Waals surface area contributed by atoms with E-state index in [9.17, 15) is 10.1 Å². The predicted octanol–water partition coefficient (Wildman–Crippen LogP) is 2.38. The van der Waals surface area contributed by atoms with Crippen LogP contribution in [0.15, 0.2) is 28.8 Å². The second-order valence-electron chi connectivity index (χ2n) is 3.88. The van der Waals surface area contributed by atoms with E-state index < -0.39 is 4.92 Å². The molecule has 2 rings (SSSR count). The molecule has 0 bridgehead atoms. The molecule has 1 aromatic carbocycles. The number of anilines is 1. The largest absolute Gasteiger partial charge is 0.378 e. The molecule has 19 heavy (non-hydrogen) atoms. The highest BCUT2D eigenvalue weighted by Gasteiger charge is 2.10. The molecule has 7 heteroatoms. The first-order valence-electron chi connectivity index (χ1n) is 5.45. The van der Waals surface area contributed by atoms with Gasteiger partial charge in [-0.05, 0) is 13.0 Å². The Balaban J connectivity index is 2.16. The Bertz CT molecular complexity index is 657. The van der Waals surface area contributed by atoms with E-state index in [2.05, 4.69) is 10.5 Å². The van der Waals surface area contributed by atoms with Crippen LogP contribution in [0.2, 0.25) is 0 Å². The molecule has 0 fully saturated rings. The van der Waals surface area contributed by atoms with Crippen molar-refractivity contribution in [1.29, 1.82) is 5.26 Å². The summed E-state index contributed by atoms with van der Waals surface area (Å²) >= 11 is 0. The molecule has 0 unspecified atom stereocenters. The average molecular weight is 258 g/mol. The number of hydrogen-bond acceptors (Lipinski definition) is 6. The number of nitriles is 1. The van der Waals surface area contributed by atoms with Crippen molar-refractivity contribution in [2.24, 2.45) is 0 Å². The molecule has 96 valence electrons. The van der Waals surface area contributed by atoms with Gasteiger partial charge in [-0.2, -0.15) is 5.26 Å². The van der Waals surface area contributed by atoms with E-state index in [0.29, 0.717) is 23.7 Å². The van der Waals surface area contributed by atoms with Gasteiger partial charge in [0.1, 0.15) is 17.5 Å². The molecule has 0 saturated heterocycles. The number of nitrogens with zero attached hydrogens (tertiary/aromatic N) is 3. The summed E-state index contributed by atoms with van der Waals surface area (Å²) in [5, 5.41) is 26.4. The standard InChI is InChI=1S/C12H10N4O3/c1-8-4-10(15-19-8)7-14-12-3-2-11(16(17)18)5-9(12)6-13/h2-5,14H,7H2,1H3. The fourth-order valence-electron chi connectivity index (χ4n) is 1.58. The van der Waals surface area contributed by atoms with Crippen molar-refractivity contribution < 1.29 is 9.45 Å². The monoisotopic (exact) mass is 258 g/mol. The maximum atomic E-state index is 10.6. The van der Waals surface area contributed by atoms with E-state index in [1.165, 1.54) is 18.2 Å². The Morgan fingerprint density at radius 3 is 2.89 bits per heavy atom. The van der Waals surface area contributed by atoms with Crippen LogP contribution in [0, 0.1) is 28.4 Å². The van der Waals surface area contributed by atoms with Gasteiger partial charge in [0.05, 0.1) is 22.7 Å². The predicted molar refractivity (Wildman–Crippen MR) is 66.4 cm³/mol. The minimum atomic E-state index is -0.536. The maximum Gasteiger partial charge on any atom is 0.270 e. The van der Waals surface area contributed by atoms with Crippen molar-refractivity contribution >= 4 is 11.4 Å². The Labute approximate surface area is 108 Å². The van der Waals surface area contributed by atoms with Gasteiger partial charge in [0.25, 0.3) is 5.69 Å². The van der Waals surface area contributed by atoms with E-state index >= 15 is 0 Å². The number of nitro benzene ring substituents is 1. The number of nitrogens with one attached hydrogen (secondary N) is 1. The third-order valence-electron chi connectivity index (χ3n) is 2.47. The van der Waals surface area contributed by atoms with Crippen molar-refractivity contribution in [3.8, 4) is 6.07 Å². The minimum Gasteiger partial charge on any atom is -0.378 e. The lowest BCUT2D eigenvalue weighted by Crippen LogP contribution is -2.02. The Hall–Kier alpha value is -2.88. The van der Waals surface area contributed by atoms with Crippen molar-refractivity contribution in [1.82, 2.24) is 5.16 Å². The Morgan fingerprint density at radius 1 is 1.53 bits per heavy atom. The highest BCUT2D eigenvalue weighted by atomic mass is 16.6. The van der Waals surface area contributed by atoms with Crippen LogP contribution in [0.4, 0.5) is 11.4 Å². The van der Waals surface area contributed by atoms with Gasteiger partial charge >= 0.3 is 0 Å². The zero-order chi connectivity index (χ0) is 13.8. The number of aromatic nitrogens is 1. The molecule has 0 aliphatic rings. The van der Waals surface area contributed by atoms with Gasteiger partial charge in [-0.25, -0.2) is 0 Å². The minimum absolute atomic E-state index is 0.112. The molecule has 0 aliphatic heterocycles. The molecular formula is C12H10N4O3. The second-order valence-corrected chi connectivity index (χ2v) is 3.88.